The second-order valence-corrected chi connectivity index (χ2v) is 6.44. The van der Waals surface area contributed by atoms with E-state index in [2.05, 4.69) is 56.7 Å². The Hall–Kier alpha value is -3.41. The van der Waals surface area contributed by atoms with Crippen molar-refractivity contribution in [3.8, 4) is 0 Å². The van der Waals surface area contributed by atoms with Gasteiger partial charge in [0, 0.05) is 13.1 Å². The summed E-state index contributed by atoms with van der Waals surface area (Å²) in [7, 11) is 0. The number of nitrogen functional groups attached to an aromatic ring is 1. The highest BCUT2D eigenvalue weighted by atomic mass is 15.2. The van der Waals surface area contributed by atoms with E-state index >= 15 is 0 Å². The van der Waals surface area contributed by atoms with Crippen LogP contribution in [0.4, 0.5) is 11.8 Å². The summed E-state index contributed by atoms with van der Waals surface area (Å²) in [5, 5.41) is 3.27. The molecule has 0 spiro atoms. The van der Waals surface area contributed by atoms with Crippen LogP contribution in [0.15, 0.2) is 67.0 Å². The van der Waals surface area contributed by atoms with Crippen LogP contribution in [0.2, 0.25) is 0 Å². The molecule has 27 heavy (non-hydrogen) atoms. The lowest BCUT2D eigenvalue weighted by Crippen LogP contribution is -2.10. The topological polar surface area (TPSA) is 81.7 Å². The number of anilines is 2. The van der Waals surface area contributed by atoms with Gasteiger partial charge in [0.1, 0.15) is 5.52 Å². The number of imidazole rings is 1. The van der Waals surface area contributed by atoms with Crippen LogP contribution in [-0.4, -0.2) is 26.1 Å². The lowest BCUT2D eigenvalue weighted by atomic mass is 10.1. The molecule has 0 amide bonds. The summed E-state index contributed by atoms with van der Waals surface area (Å²) in [5.74, 6) is 0.943. The number of nitrogens with zero attached hydrogens (tertiary/aromatic N) is 4. The Bertz CT molecular complexity index is 1010. The molecule has 0 aliphatic heterocycles. The lowest BCUT2D eigenvalue weighted by molar-refractivity contribution is 0.709. The van der Waals surface area contributed by atoms with Crippen LogP contribution in [-0.2, 0) is 19.4 Å². The Morgan fingerprint density at radius 2 is 1.52 bits per heavy atom. The number of nitrogens with two attached hydrogens (primary N) is 1. The zero-order chi connectivity index (χ0) is 18.5. The van der Waals surface area contributed by atoms with Crippen molar-refractivity contribution in [3.63, 3.8) is 0 Å². The van der Waals surface area contributed by atoms with Crippen molar-refractivity contribution in [1.29, 1.82) is 0 Å². The number of aryl methyl sites for hydroxylation is 2. The van der Waals surface area contributed by atoms with Crippen molar-refractivity contribution in [2.24, 2.45) is 0 Å². The zero-order valence-corrected chi connectivity index (χ0v) is 15.0. The molecule has 0 aliphatic carbocycles. The van der Waals surface area contributed by atoms with Gasteiger partial charge in [-0.25, -0.2) is 4.98 Å². The summed E-state index contributed by atoms with van der Waals surface area (Å²) in [4.78, 5) is 13.4. The Balaban J connectivity index is 1.47. The summed E-state index contributed by atoms with van der Waals surface area (Å²) in [5.41, 5.74) is 10.1. The van der Waals surface area contributed by atoms with Gasteiger partial charge in [0.05, 0.1) is 6.33 Å². The second-order valence-electron chi connectivity index (χ2n) is 6.44. The molecule has 6 nitrogen and oxygen atoms in total. The maximum Gasteiger partial charge on any atom is 0.226 e. The van der Waals surface area contributed by atoms with Crippen LogP contribution >= 0.6 is 0 Å². The summed E-state index contributed by atoms with van der Waals surface area (Å²) in [6.45, 7) is 1.54. The molecule has 2 aromatic carbocycles. The standard InChI is InChI=1S/C21H22N6/c22-19-18-20(27(15-24-18)14-12-17-9-5-2-6-10-17)26-21(25-19)23-13-11-16-7-3-1-4-8-16/h1-10,15H,11-14H2,(H3,22,23,25,26). The Morgan fingerprint density at radius 3 is 2.22 bits per heavy atom. The van der Waals surface area contributed by atoms with Crippen LogP contribution in [0.5, 0.6) is 0 Å². The van der Waals surface area contributed by atoms with Crippen LogP contribution < -0.4 is 11.1 Å². The monoisotopic (exact) mass is 358 g/mol. The molecule has 4 aromatic rings. The van der Waals surface area contributed by atoms with Gasteiger partial charge in [0.2, 0.25) is 5.95 Å². The van der Waals surface area contributed by atoms with Crippen LogP contribution in [0.25, 0.3) is 11.2 Å². The van der Waals surface area contributed by atoms with Crippen molar-refractivity contribution in [3.05, 3.63) is 78.1 Å². The zero-order valence-electron chi connectivity index (χ0n) is 15.0. The smallest absolute Gasteiger partial charge is 0.226 e. The number of fused-ring (bicyclic) bond motifs is 1. The van der Waals surface area contributed by atoms with Crippen LogP contribution in [0.1, 0.15) is 11.1 Å². The fourth-order valence-corrected chi connectivity index (χ4v) is 3.07. The number of hydrogen-bond donors (Lipinski definition) is 2. The van der Waals surface area contributed by atoms with Gasteiger partial charge in [-0.1, -0.05) is 60.7 Å². The molecule has 6 heteroatoms. The molecule has 4 rings (SSSR count). The summed E-state index contributed by atoms with van der Waals surface area (Å²) < 4.78 is 2.03. The van der Waals surface area contributed by atoms with Gasteiger partial charge >= 0.3 is 0 Å². The van der Waals surface area contributed by atoms with Crippen molar-refractivity contribution in [2.75, 3.05) is 17.6 Å². The third kappa shape index (κ3) is 4.06. The largest absolute Gasteiger partial charge is 0.382 e. The quantitative estimate of drug-likeness (QED) is 0.530. The molecule has 0 fully saturated rings. The lowest BCUT2D eigenvalue weighted by Gasteiger charge is -2.08. The Morgan fingerprint density at radius 1 is 0.852 bits per heavy atom. The minimum absolute atomic E-state index is 0.403. The van der Waals surface area contributed by atoms with Gasteiger partial charge in [0.25, 0.3) is 0 Å². The van der Waals surface area contributed by atoms with Crippen molar-refractivity contribution in [1.82, 2.24) is 19.5 Å². The molecule has 2 aromatic heterocycles. The van der Waals surface area contributed by atoms with E-state index in [9.17, 15) is 0 Å². The van der Waals surface area contributed by atoms with Gasteiger partial charge in [-0.15, -0.1) is 0 Å². The first-order chi connectivity index (χ1) is 13.3. The summed E-state index contributed by atoms with van der Waals surface area (Å²) in [6, 6.07) is 20.7. The molecule has 0 aliphatic rings. The van der Waals surface area contributed by atoms with Crippen molar-refractivity contribution < 1.29 is 0 Å². The molecule has 0 saturated heterocycles. The second kappa shape index (κ2) is 7.86. The van der Waals surface area contributed by atoms with E-state index in [1.807, 2.05) is 28.8 Å². The highest BCUT2D eigenvalue weighted by Gasteiger charge is 2.11. The summed E-state index contributed by atoms with van der Waals surface area (Å²) >= 11 is 0. The van der Waals surface area contributed by atoms with E-state index in [0.717, 1.165) is 31.6 Å². The molecule has 3 N–H and O–H groups in total. The number of hydrogen-bond acceptors (Lipinski definition) is 5. The number of nitrogens with one attached hydrogen (secondary N) is 1. The molecular weight excluding hydrogens is 336 g/mol. The minimum atomic E-state index is 0.403. The van der Waals surface area contributed by atoms with E-state index < -0.39 is 0 Å². The minimum Gasteiger partial charge on any atom is -0.382 e. The van der Waals surface area contributed by atoms with E-state index in [0.29, 0.717) is 17.3 Å². The average molecular weight is 358 g/mol. The molecule has 0 unspecified atom stereocenters. The fraction of sp³-hybridized carbons (Fsp3) is 0.190. The third-order valence-electron chi connectivity index (χ3n) is 4.51. The van der Waals surface area contributed by atoms with Gasteiger partial charge in [-0.05, 0) is 24.0 Å². The van der Waals surface area contributed by atoms with Gasteiger partial charge in [-0.2, -0.15) is 9.97 Å². The average Bonchev–Trinajstić information content (AvgIpc) is 3.12. The molecule has 2 heterocycles. The van der Waals surface area contributed by atoms with Gasteiger partial charge in [-0.3, -0.25) is 0 Å². The van der Waals surface area contributed by atoms with Gasteiger partial charge in [0.15, 0.2) is 11.5 Å². The van der Waals surface area contributed by atoms with Crippen molar-refractivity contribution in [2.45, 2.75) is 19.4 Å². The maximum absolute atomic E-state index is 6.09. The maximum atomic E-state index is 6.09. The first kappa shape index (κ1) is 17.0. The van der Waals surface area contributed by atoms with Crippen LogP contribution in [0.3, 0.4) is 0 Å². The van der Waals surface area contributed by atoms with E-state index in [4.69, 9.17) is 5.73 Å². The van der Waals surface area contributed by atoms with E-state index in [1.54, 1.807) is 6.33 Å². The molecule has 0 bridgehead atoms. The third-order valence-corrected chi connectivity index (χ3v) is 4.51. The van der Waals surface area contributed by atoms with E-state index in [1.165, 1.54) is 11.1 Å². The first-order valence-corrected chi connectivity index (χ1v) is 9.09. The normalized spacial score (nSPS) is 11.0. The number of rotatable bonds is 7. The fourth-order valence-electron chi connectivity index (χ4n) is 3.07. The SMILES string of the molecule is Nc1nc(NCCc2ccccc2)nc2c1ncn2CCc1ccccc1. The molecule has 0 saturated carbocycles. The van der Waals surface area contributed by atoms with Crippen LogP contribution in [0, 0.1) is 0 Å². The van der Waals surface area contributed by atoms with E-state index in [-0.39, 0.29) is 0 Å². The molecule has 0 radical (unpaired) electrons. The molecule has 136 valence electrons. The number of aromatic nitrogens is 4. The van der Waals surface area contributed by atoms with Crippen molar-refractivity contribution >= 4 is 22.9 Å². The summed E-state index contributed by atoms with van der Waals surface area (Å²) in [6.07, 6.45) is 3.59. The highest BCUT2D eigenvalue weighted by Crippen LogP contribution is 2.18. The Kier molecular flexibility index (Phi) is 4.96. The molecule has 0 atom stereocenters. The Labute approximate surface area is 158 Å². The first-order valence-electron chi connectivity index (χ1n) is 9.09. The highest BCUT2D eigenvalue weighted by molar-refractivity contribution is 5.82. The molecular formula is C21H22N6. The predicted molar refractivity (Wildman–Crippen MR) is 109 cm³/mol. The predicted octanol–water partition coefficient (Wildman–Crippen LogP) is 3.31. The van der Waals surface area contributed by atoms with Gasteiger partial charge < -0.3 is 15.6 Å². The number of benzene rings is 2.